The van der Waals surface area contributed by atoms with Gasteiger partial charge in [0.15, 0.2) is 11.4 Å². The van der Waals surface area contributed by atoms with E-state index in [4.69, 9.17) is 6.42 Å². The molecule has 1 aliphatic carbocycles. The molecule has 1 saturated carbocycles. The highest BCUT2D eigenvalue weighted by Crippen LogP contribution is 2.41. The van der Waals surface area contributed by atoms with Crippen molar-refractivity contribution in [1.29, 1.82) is 0 Å². The third-order valence-corrected chi connectivity index (χ3v) is 5.83. The number of aromatic nitrogens is 4. The number of nitrogens with zero attached hydrogens (tertiary/aromatic N) is 4. The molecule has 0 spiro atoms. The Labute approximate surface area is 173 Å². The Bertz CT molecular complexity index is 1240. The van der Waals surface area contributed by atoms with Crippen molar-refractivity contribution in [3.63, 3.8) is 0 Å². The van der Waals surface area contributed by atoms with Gasteiger partial charge in [-0.05, 0) is 31.4 Å². The molecule has 0 unspecified atom stereocenters. The molecule has 1 fully saturated rings. The van der Waals surface area contributed by atoms with Gasteiger partial charge in [0.2, 0.25) is 0 Å². The van der Waals surface area contributed by atoms with E-state index in [0.29, 0.717) is 6.54 Å². The van der Waals surface area contributed by atoms with E-state index in [-0.39, 0.29) is 11.2 Å². The molecule has 30 heavy (non-hydrogen) atoms. The van der Waals surface area contributed by atoms with Crippen molar-refractivity contribution in [1.82, 2.24) is 24.6 Å². The van der Waals surface area contributed by atoms with Crippen molar-refractivity contribution in [2.24, 2.45) is 0 Å². The molecule has 0 bridgehead atoms. The molecular formula is C22H23N5O3. The Morgan fingerprint density at radius 2 is 2.10 bits per heavy atom. The largest absolute Gasteiger partial charge is 0.503 e. The van der Waals surface area contributed by atoms with Crippen LogP contribution in [0.2, 0.25) is 0 Å². The lowest BCUT2D eigenvalue weighted by Gasteiger charge is -2.32. The average molecular weight is 405 g/mol. The standard InChI is InChI=1S/C22H23N5O3/c1-4-15-11-27(20-16(15)9-14(2)10-24-20)22(7-5-6-8-22)13-26-12-17(28)19(29)18(25-26)21(30)23-3/h1,9-12,28H,5-8,13H2,2-3H3,(H,23,30). The summed E-state index contributed by atoms with van der Waals surface area (Å²) in [5, 5.41) is 17.6. The highest BCUT2D eigenvalue weighted by Gasteiger charge is 2.38. The van der Waals surface area contributed by atoms with Gasteiger partial charge in [-0.2, -0.15) is 5.10 Å². The molecule has 3 aromatic heterocycles. The number of rotatable bonds is 4. The number of hydrogen-bond acceptors (Lipinski definition) is 5. The van der Waals surface area contributed by atoms with Gasteiger partial charge >= 0.3 is 0 Å². The maximum Gasteiger partial charge on any atom is 0.275 e. The van der Waals surface area contributed by atoms with Crippen LogP contribution in [-0.2, 0) is 12.1 Å². The summed E-state index contributed by atoms with van der Waals surface area (Å²) in [6.45, 7) is 2.34. The van der Waals surface area contributed by atoms with Gasteiger partial charge in [0, 0.05) is 24.8 Å². The Kier molecular flexibility index (Phi) is 4.82. The van der Waals surface area contributed by atoms with Gasteiger partial charge in [0.1, 0.15) is 5.65 Å². The van der Waals surface area contributed by atoms with Crippen LogP contribution in [0.25, 0.3) is 11.0 Å². The predicted molar refractivity (Wildman–Crippen MR) is 112 cm³/mol. The van der Waals surface area contributed by atoms with E-state index in [0.717, 1.165) is 47.8 Å². The van der Waals surface area contributed by atoms with E-state index in [1.54, 1.807) is 0 Å². The number of pyridine rings is 1. The van der Waals surface area contributed by atoms with Crippen LogP contribution in [0.3, 0.4) is 0 Å². The van der Waals surface area contributed by atoms with E-state index in [1.807, 2.05) is 25.4 Å². The van der Waals surface area contributed by atoms with Crippen LogP contribution in [0.4, 0.5) is 0 Å². The second-order valence-electron chi connectivity index (χ2n) is 7.84. The second-order valence-corrected chi connectivity index (χ2v) is 7.84. The number of aryl methyl sites for hydroxylation is 1. The zero-order valence-corrected chi connectivity index (χ0v) is 17.0. The van der Waals surface area contributed by atoms with E-state index in [1.165, 1.54) is 17.9 Å². The van der Waals surface area contributed by atoms with Crippen LogP contribution in [0, 0.1) is 19.3 Å². The summed E-state index contributed by atoms with van der Waals surface area (Å²) < 4.78 is 3.59. The van der Waals surface area contributed by atoms with E-state index in [9.17, 15) is 14.7 Å². The lowest BCUT2D eigenvalue weighted by molar-refractivity contribution is 0.0952. The maximum atomic E-state index is 12.1. The quantitative estimate of drug-likeness (QED) is 0.646. The molecule has 8 heteroatoms. The second kappa shape index (κ2) is 7.34. The topological polar surface area (TPSA) is 102 Å². The minimum atomic E-state index is -0.788. The number of carbonyl (C=O) groups is 1. The summed E-state index contributed by atoms with van der Waals surface area (Å²) in [7, 11) is 1.41. The SMILES string of the molecule is C#Cc1cn(C2(Cn3cc(O)c(=O)c(C(=O)NC)n3)CCCC2)c2ncc(C)cc12. The Hall–Kier alpha value is -3.60. The predicted octanol–water partition coefficient (Wildman–Crippen LogP) is 1.92. The molecule has 8 nitrogen and oxygen atoms in total. The molecule has 3 heterocycles. The third kappa shape index (κ3) is 3.12. The fourth-order valence-electron chi connectivity index (χ4n) is 4.37. The molecule has 4 rings (SSSR count). The van der Waals surface area contributed by atoms with Gasteiger partial charge in [-0.25, -0.2) is 4.98 Å². The van der Waals surface area contributed by atoms with Crippen LogP contribution < -0.4 is 10.7 Å². The summed E-state index contributed by atoms with van der Waals surface area (Å²) in [5.41, 5.74) is 1.09. The number of terminal acetylenes is 1. The van der Waals surface area contributed by atoms with Gasteiger partial charge in [0.25, 0.3) is 11.3 Å². The lowest BCUT2D eigenvalue weighted by Crippen LogP contribution is -2.37. The van der Waals surface area contributed by atoms with Crippen LogP contribution in [0.15, 0.2) is 29.5 Å². The highest BCUT2D eigenvalue weighted by atomic mass is 16.3. The van der Waals surface area contributed by atoms with Crippen LogP contribution >= 0.6 is 0 Å². The highest BCUT2D eigenvalue weighted by molar-refractivity contribution is 5.92. The minimum Gasteiger partial charge on any atom is -0.503 e. The van der Waals surface area contributed by atoms with Gasteiger partial charge in [0.05, 0.1) is 23.8 Å². The minimum absolute atomic E-state index is 0.332. The first kappa shape index (κ1) is 19.7. The monoisotopic (exact) mass is 405 g/mol. The first-order valence-corrected chi connectivity index (χ1v) is 9.86. The number of carbonyl (C=O) groups excluding carboxylic acids is 1. The molecule has 0 saturated heterocycles. The molecule has 3 aromatic rings. The molecule has 0 atom stereocenters. The van der Waals surface area contributed by atoms with Crippen molar-refractivity contribution in [2.75, 3.05) is 7.05 Å². The van der Waals surface area contributed by atoms with Gasteiger partial charge in [-0.3, -0.25) is 14.3 Å². The third-order valence-electron chi connectivity index (χ3n) is 5.83. The van der Waals surface area contributed by atoms with Gasteiger partial charge in [-0.1, -0.05) is 18.8 Å². The summed E-state index contributed by atoms with van der Waals surface area (Å²) in [6, 6.07) is 2.03. The summed E-state index contributed by atoms with van der Waals surface area (Å²) in [5.74, 6) is 1.61. The summed E-state index contributed by atoms with van der Waals surface area (Å²) in [4.78, 5) is 28.8. The first-order valence-electron chi connectivity index (χ1n) is 9.86. The van der Waals surface area contributed by atoms with Crippen LogP contribution in [-0.4, -0.2) is 37.4 Å². The van der Waals surface area contributed by atoms with Gasteiger partial charge < -0.3 is 15.0 Å². The fraction of sp³-hybridized carbons (Fsp3) is 0.364. The number of amides is 1. The first-order chi connectivity index (χ1) is 14.4. The van der Waals surface area contributed by atoms with E-state index >= 15 is 0 Å². The smallest absolute Gasteiger partial charge is 0.275 e. The Balaban J connectivity index is 1.86. The molecule has 1 amide bonds. The van der Waals surface area contributed by atoms with Crippen molar-refractivity contribution in [3.05, 3.63) is 51.7 Å². The van der Waals surface area contributed by atoms with Crippen molar-refractivity contribution >= 4 is 16.9 Å². The average Bonchev–Trinajstić information content (AvgIpc) is 3.34. The van der Waals surface area contributed by atoms with Crippen molar-refractivity contribution in [2.45, 2.75) is 44.7 Å². The fourth-order valence-corrected chi connectivity index (χ4v) is 4.37. The number of hydrogen-bond donors (Lipinski definition) is 2. The maximum absolute atomic E-state index is 12.1. The zero-order chi connectivity index (χ0) is 21.5. The number of nitrogens with one attached hydrogen (secondary N) is 1. The molecule has 0 radical (unpaired) electrons. The molecular weight excluding hydrogens is 382 g/mol. The summed E-state index contributed by atoms with van der Waals surface area (Å²) in [6.07, 6.45) is 14.6. The zero-order valence-electron chi connectivity index (χ0n) is 17.0. The normalized spacial score (nSPS) is 15.2. The number of fused-ring (bicyclic) bond motifs is 1. The molecule has 1 aliphatic rings. The molecule has 0 aliphatic heterocycles. The van der Waals surface area contributed by atoms with Crippen LogP contribution in [0.1, 0.15) is 47.3 Å². The summed E-state index contributed by atoms with van der Waals surface area (Å²) >= 11 is 0. The molecule has 154 valence electrons. The van der Waals surface area contributed by atoms with E-state index < -0.39 is 17.1 Å². The van der Waals surface area contributed by atoms with Crippen molar-refractivity contribution < 1.29 is 9.90 Å². The van der Waals surface area contributed by atoms with Gasteiger partial charge in [-0.15, -0.1) is 6.42 Å². The number of aromatic hydroxyl groups is 1. The Morgan fingerprint density at radius 1 is 1.37 bits per heavy atom. The molecule has 0 aromatic carbocycles. The Morgan fingerprint density at radius 3 is 2.77 bits per heavy atom. The molecule has 2 N–H and O–H groups in total. The van der Waals surface area contributed by atoms with E-state index in [2.05, 4.69) is 25.9 Å². The van der Waals surface area contributed by atoms with Crippen LogP contribution in [0.5, 0.6) is 5.75 Å². The van der Waals surface area contributed by atoms with Crippen molar-refractivity contribution in [3.8, 4) is 18.1 Å². The lowest BCUT2D eigenvalue weighted by atomic mass is 9.97.